The third-order valence-corrected chi connectivity index (χ3v) is 4.68. The summed E-state index contributed by atoms with van der Waals surface area (Å²) in [5.74, 6) is 0.691. The van der Waals surface area contributed by atoms with Crippen LogP contribution in [0.15, 0.2) is 48.5 Å². The van der Waals surface area contributed by atoms with Crippen LogP contribution < -0.4 is 0 Å². The molecule has 2 aromatic rings. The Balaban J connectivity index is 1.80. The molecule has 0 bridgehead atoms. The van der Waals surface area contributed by atoms with Crippen molar-refractivity contribution in [2.75, 3.05) is 0 Å². The van der Waals surface area contributed by atoms with E-state index in [2.05, 4.69) is 68.5 Å². The van der Waals surface area contributed by atoms with Gasteiger partial charge in [0.15, 0.2) is 0 Å². The highest BCUT2D eigenvalue weighted by molar-refractivity contribution is 5.52. The summed E-state index contributed by atoms with van der Waals surface area (Å²) in [5, 5.41) is 0. The van der Waals surface area contributed by atoms with Crippen LogP contribution in [0.1, 0.15) is 54.0 Å². The van der Waals surface area contributed by atoms with Gasteiger partial charge in [-0.15, -0.1) is 0 Å². The number of hydrogen-bond donors (Lipinski definition) is 0. The highest BCUT2D eigenvalue weighted by Gasteiger charge is 2.20. The van der Waals surface area contributed by atoms with Gasteiger partial charge in [-0.25, -0.2) is 0 Å². The van der Waals surface area contributed by atoms with Crippen LogP contribution in [0.2, 0.25) is 0 Å². The SMILES string of the molecule is C/C=C/c1ccc2c(c1)CCC(c1ccc(CC)cc1)C2. The second-order valence-electron chi connectivity index (χ2n) is 6.06. The number of allylic oxidation sites excluding steroid dienone is 1. The van der Waals surface area contributed by atoms with Gasteiger partial charge < -0.3 is 0 Å². The lowest BCUT2D eigenvalue weighted by atomic mass is 9.79. The van der Waals surface area contributed by atoms with Crippen molar-refractivity contribution < 1.29 is 0 Å². The van der Waals surface area contributed by atoms with E-state index in [1.807, 2.05) is 0 Å². The van der Waals surface area contributed by atoms with Crippen molar-refractivity contribution in [1.82, 2.24) is 0 Å². The zero-order chi connectivity index (χ0) is 14.7. The number of rotatable bonds is 3. The fourth-order valence-corrected chi connectivity index (χ4v) is 3.38. The number of hydrogen-bond acceptors (Lipinski definition) is 0. The molecular formula is C21H24. The first-order valence-electron chi connectivity index (χ1n) is 8.13. The zero-order valence-electron chi connectivity index (χ0n) is 13.1. The minimum Gasteiger partial charge on any atom is -0.0871 e. The first-order chi connectivity index (χ1) is 10.3. The molecule has 3 rings (SSSR count). The molecule has 0 fully saturated rings. The monoisotopic (exact) mass is 276 g/mol. The van der Waals surface area contributed by atoms with Crippen molar-refractivity contribution in [3.8, 4) is 0 Å². The van der Waals surface area contributed by atoms with Gasteiger partial charge in [0.1, 0.15) is 0 Å². The van der Waals surface area contributed by atoms with Crippen LogP contribution in [0.3, 0.4) is 0 Å². The van der Waals surface area contributed by atoms with Crippen molar-refractivity contribution in [2.24, 2.45) is 0 Å². The molecule has 0 N–H and O–H groups in total. The fraction of sp³-hybridized carbons (Fsp3) is 0.333. The number of benzene rings is 2. The first kappa shape index (κ1) is 14.1. The van der Waals surface area contributed by atoms with Crippen molar-refractivity contribution in [1.29, 1.82) is 0 Å². The topological polar surface area (TPSA) is 0 Å². The van der Waals surface area contributed by atoms with Gasteiger partial charge in [0.05, 0.1) is 0 Å². The van der Waals surface area contributed by atoms with E-state index in [1.54, 1.807) is 11.1 Å². The molecule has 0 heterocycles. The summed E-state index contributed by atoms with van der Waals surface area (Å²) in [6.07, 6.45) is 9.11. The van der Waals surface area contributed by atoms with Crippen LogP contribution in [0.4, 0.5) is 0 Å². The molecular weight excluding hydrogens is 252 g/mol. The quantitative estimate of drug-likeness (QED) is 0.689. The molecule has 0 saturated carbocycles. The Morgan fingerprint density at radius 1 is 1.05 bits per heavy atom. The zero-order valence-corrected chi connectivity index (χ0v) is 13.1. The molecule has 0 heteroatoms. The van der Waals surface area contributed by atoms with Crippen LogP contribution in [0.25, 0.3) is 6.08 Å². The maximum absolute atomic E-state index is 2.37. The highest BCUT2D eigenvalue weighted by atomic mass is 14.2. The van der Waals surface area contributed by atoms with Crippen LogP contribution in [0.5, 0.6) is 0 Å². The predicted octanol–water partition coefficient (Wildman–Crippen LogP) is 5.55. The largest absolute Gasteiger partial charge is 0.0871 e. The Kier molecular flexibility index (Phi) is 4.24. The fourth-order valence-electron chi connectivity index (χ4n) is 3.38. The van der Waals surface area contributed by atoms with Crippen LogP contribution >= 0.6 is 0 Å². The molecule has 2 aromatic carbocycles. The molecule has 0 amide bonds. The highest BCUT2D eigenvalue weighted by Crippen LogP contribution is 2.33. The molecule has 1 unspecified atom stereocenters. The summed E-state index contributed by atoms with van der Waals surface area (Å²) in [6, 6.07) is 16.2. The van der Waals surface area contributed by atoms with E-state index in [4.69, 9.17) is 0 Å². The van der Waals surface area contributed by atoms with E-state index in [-0.39, 0.29) is 0 Å². The van der Waals surface area contributed by atoms with Crippen molar-refractivity contribution in [3.63, 3.8) is 0 Å². The Morgan fingerprint density at radius 2 is 1.86 bits per heavy atom. The Labute approximate surface area is 128 Å². The average molecular weight is 276 g/mol. The molecule has 0 aromatic heterocycles. The van der Waals surface area contributed by atoms with Gasteiger partial charge in [-0.1, -0.05) is 61.5 Å². The predicted molar refractivity (Wildman–Crippen MR) is 91.7 cm³/mol. The van der Waals surface area contributed by atoms with E-state index in [1.165, 1.54) is 36.0 Å². The second kappa shape index (κ2) is 6.30. The van der Waals surface area contributed by atoms with E-state index >= 15 is 0 Å². The summed E-state index contributed by atoms with van der Waals surface area (Å²) >= 11 is 0. The van der Waals surface area contributed by atoms with Gasteiger partial charge in [-0.2, -0.15) is 0 Å². The van der Waals surface area contributed by atoms with Crippen LogP contribution in [-0.4, -0.2) is 0 Å². The lowest BCUT2D eigenvalue weighted by molar-refractivity contribution is 0.584. The van der Waals surface area contributed by atoms with Gasteiger partial charge >= 0.3 is 0 Å². The van der Waals surface area contributed by atoms with Crippen molar-refractivity contribution in [3.05, 3.63) is 76.4 Å². The smallest absolute Gasteiger partial charge is 0.0118 e. The van der Waals surface area contributed by atoms with E-state index in [0.717, 1.165) is 6.42 Å². The van der Waals surface area contributed by atoms with E-state index in [9.17, 15) is 0 Å². The molecule has 0 radical (unpaired) electrons. The van der Waals surface area contributed by atoms with Crippen molar-refractivity contribution >= 4 is 6.08 Å². The Morgan fingerprint density at radius 3 is 2.57 bits per heavy atom. The third-order valence-electron chi connectivity index (χ3n) is 4.68. The van der Waals surface area contributed by atoms with Gasteiger partial charge in [-0.3, -0.25) is 0 Å². The number of fused-ring (bicyclic) bond motifs is 1. The first-order valence-corrected chi connectivity index (χ1v) is 8.13. The Bertz CT molecular complexity index is 632. The summed E-state index contributed by atoms with van der Waals surface area (Å²) in [5.41, 5.74) is 7.37. The minimum absolute atomic E-state index is 0.691. The molecule has 21 heavy (non-hydrogen) atoms. The Hall–Kier alpha value is -1.82. The van der Waals surface area contributed by atoms with Gasteiger partial charge in [-0.05, 0) is 66.3 Å². The van der Waals surface area contributed by atoms with E-state index in [0.29, 0.717) is 5.92 Å². The molecule has 1 aliphatic carbocycles. The average Bonchev–Trinajstić information content (AvgIpc) is 2.55. The summed E-state index contributed by atoms with van der Waals surface area (Å²) in [7, 11) is 0. The normalized spacial score (nSPS) is 17.9. The number of aryl methyl sites for hydroxylation is 2. The lowest BCUT2D eigenvalue weighted by Gasteiger charge is -2.25. The maximum atomic E-state index is 2.37. The standard InChI is InChI=1S/C21H24/c1-3-5-17-8-11-21-15-20(13-12-19(21)14-17)18-9-6-16(4-2)7-10-18/h3,5-11,14,20H,4,12-13,15H2,1-2H3/b5-3+. The van der Waals surface area contributed by atoms with Crippen molar-refractivity contribution in [2.45, 2.75) is 45.4 Å². The lowest BCUT2D eigenvalue weighted by Crippen LogP contribution is -2.12. The molecule has 0 spiro atoms. The third kappa shape index (κ3) is 3.10. The minimum atomic E-state index is 0.691. The summed E-state index contributed by atoms with van der Waals surface area (Å²) < 4.78 is 0. The van der Waals surface area contributed by atoms with E-state index < -0.39 is 0 Å². The second-order valence-corrected chi connectivity index (χ2v) is 6.06. The molecule has 0 nitrogen and oxygen atoms in total. The molecule has 108 valence electrons. The molecule has 0 saturated heterocycles. The van der Waals surface area contributed by atoms with Gasteiger partial charge in [0.25, 0.3) is 0 Å². The summed E-state index contributed by atoms with van der Waals surface area (Å²) in [4.78, 5) is 0. The van der Waals surface area contributed by atoms with Gasteiger partial charge in [0.2, 0.25) is 0 Å². The molecule has 0 aliphatic heterocycles. The molecule has 1 aliphatic rings. The van der Waals surface area contributed by atoms with Crippen LogP contribution in [0, 0.1) is 0 Å². The maximum Gasteiger partial charge on any atom is -0.0118 e. The molecule has 1 atom stereocenters. The van der Waals surface area contributed by atoms with Gasteiger partial charge in [0, 0.05) is 0 Å². The summed E-state index contributed by atoms with van der Waals surface area (Å²) in [6.45, 7) is 4.30. The van der Waals surface area contributed by atoms with Crippen LogP contribution in [-0.2, 0) is 19.3 Å².